The summed E-state index contributed by atoms with van der Waals surface area (Å²) in [5.74, 6) is -0.433. The molecule has 0 aromatic heterocycles. The van der Waals surface area contributed by atoms with Crippen molar-refractivity contribution in [3.8, 4) is 0 Å². The first kappa shape index (κ1) is 12.7. The van der Waals surface area contributed by atoms with Crippen molar-refractivity contribution in [2.75, 3.05) is 0 Å². The molecule has 3 heteroatoms. The Hall–Kier alpha value is -1.74. The number of halogens is 2. The number of allylic oxidation sites excluding steroid dienone is 1. The molecule has 0 fully saturated rings. The minimum atomic E-state index is -0.314. The smallest absolute Gasteiger partial charge is 0.186 e. The van der Waals surface area contributed by atoms with Crippen LogP contribution in [-0.4, -0.2) is 5.78 Å². The van der Waals surface area contributed by atoms with Crippen LogP contribution in [0.2, 0.25) is 0 Å². The lowest BCUT2D eigenvalue weighted by Crippen LogP contribution is -1.94. The van der Waals surface area contributed by atoms with E-state index in [0.29, 0.717) is 11.1 Å². The Balaban J connectivity index is 2.20. The van der Waals surface area contributed by atoms with Crippen LogP contribution in [0, 0.1) is 5.82 Å². The minimum absolute atomic E-state index is 0.119. The van der Waals surface area contributed by atoms with E-state index in [1.807, 2.05) is 12.1 Å². The molecule has 0 aliphatic rings. The van der Waals surface area contributed by atoms with E-state index in [-0.39, 0.29) is 11.6 Å². The van der Waals surface area contributed by atoms with Crippen LogP contribution in [0.15, 0.2) is 59.1 Å². The zero-order chi connectivity index (χ0) is 13.0. The van der Waals surface area contributed by atoms with E-state index in [0.717, 1.165) is 4.47 Å². The second kappa shape index (κ2) is 5.74. The summed E-state index contributed by atoms with van der Waals surface area (Å²) in [7, 11) is 0. The van der Waals surface area contributed by atoms with Crippen LogP contribution < -0.4 is 0 Å². The summed E-state index contributed by atoms with van der Waals surface area (Å²) in [6.07, 6.45) is 3.04. The van der Waals surface area contributed by atoms with Gasteiger partial charge in [0.05, 0.1) is 0 Å². The number of carbonyl (C=O) groups is 1. The average molecular weight is 305 g/mol. The van der Waals surface area contributed by atoms with Crippen LogP contribution in [0.4, 0.5) is 4.39 Å². The van der Waals surface area contributed by atoms with Gasteiger partial charge in [-0.25, -0.2) is 4.39 Å². The lowest BCUT2D eigenvalue weighted by molar-refractivity contribution is 0.104. The molecule has 0 bridgehead atoms. The number of rotatable bonds is 3. The molecule has 2 aromatic carbocycles. The molecule has 0 spiro atoms. The Bertz CT molecular complexity index is 605. The summed E-state index contributed by atoms with van der Waals surface area (Å²) < 4.78 is 13.7. The van der Waals surface area contributed by atoms with Crippen molar-refractivity contribution in [1.29, 1.82) is 0 Å². The molecule has 0 atom stereocenters. The van der Waals surface area contributed by atoms with Crippen molar-refractivity contribution in [2.24, 2.45) is 0 Å². The topological polar surface area (TPSA) is 17.1 Å². The van der Waals surface area contributed by atoms with Crippen LogP contribution in [-0.2, 0) is 0 Å². The first-order valence-corrected chi connectivity index (χ1v) is 6.18. The van der Waals surface area contributed by atoms with Gasteiger partial charge in [-0.05, 0) is 35.9 Å². The highest BCUT2D eigenvalue weighted by atomic mass is 79.9. The molecule has 2 rings (SSSR count). The first-order valence-electron chi connectivity index (χ1n) is 5.39. The van der Waals surface area contributed by atoms with Crippen molar-refractivity contribution in [3.63, 3.8) is 0 Å². The zero-order valence-electron chi connectivity index (χ0n) is 9.44. The fourth-order valence-electron chi connectivity index (χ4n) is 1.53. The van der Waals surface area contributed by atoms with E-state index >= 15 is 0 Å². The molecule has 18 heavy (non-hydrogen) atoms. The molecule has 90 valence electrons. The largest absolute Gasteiger partial charge is 0.289 e. The molecule has 0 N–H and O–H groups in total. The lowest BCUT2D eigenvalue weighted by atomic mass is 10.1. The maximum absolute atomic E-state index is 13.0. The summed E-state index contributed by atoms with van der Waals surface area (Å²) in [6.45, 7) is 0. The van der Waals surface area contributed by atoms with E-state index < -0.39 is 0 Å². The van der Waals surface area contributed by atoms with Crippen LogP contribution >= 0.6 is 15.9 Å². The first-order chi connectivity index (χ1) is 8.66. The Morgan fingerprint density at radius 1 is 1.11 bits per heavy atom. The third-order valence-corrected chi connectivity index (χ3v) is 3.11. The number of carbonyl (C=O) groups excluding carboxylic acids is 1. The average Bonchev–Trinajstić information content (AvgIpc) is 2.37. The Kier molecular flexibility index (Phi) is 4.05. The number of benzene rings is 2. The molecule has 0 saturated carbocycles. The minimum Gasteiger partial charge on any atom is -0.289 e. The normalized spacial score (nSPS) is 10.8. The van der Waals surface area contributed by atoms with Gasteiger partial charge < -0.3 is 0 Å². The van der Waals surface area contributed by atoms with Crippen molar-refractivity contribution >= 4 is 27.8 Å². The molecule has 0 aliphatic carbocycles. The molecule has 0 saturated heterocycles. The van der Waals surface area contributed by atoms with E-state index in [9.17, 15) is 9.18 Å². The van der Waals surface area contributed by atoms with Crippen LogP contribution in [0.5, 0.6) is 0 Å². The summed E-state index contributed by atoms with van der Waals surface area (Å²) >= 11 is 3.32. The Labute approximate surface area is 113 Å². The van der Waals surface area contributed by atoms with Gasteiger partial charge in [0, 0.05) is 10.0 Å². The maximum atomic E-state index is 13.0. The molecule has 1 nitrogen and oxygen atoms in total. The molecule has 0 amide bonds. The van der Waals surface area contributed by atoms with Crippen molar-refractivity contribution in [2.45, 2.75) is 0 Å². The molecule has 0 heterocycles. The molecule has 0 aliphatic heterocycles. The molecular weight excluding hydrogens is 295 g/mol. The third kappa shape index (κ3) is 3.14. The highest BCUT2D eigenvalue weighted by Gasteiger charge is 2.05. The van der Waals surface area contributed by atoms with Gasteiger partial charge in [-0.2, -0.15) is 0 Å². The summed E-state index contributed by atoms with van der Waals surface area (Å²) in [5, 5.41) is 0. The highest BCUT2D eigenvalue weighted by Crippen LogP contribution is 2.17. The lowest BCUT2D eigenvalue weighted by Gasteiger charge is -1.99. The van der Waals surface area contributed by atoms with E-state index in [1.165, 1.54) is 18.2 Å². The van der Waals surface area contributed by atoms with Gasteiger partial charge in [0.1, 0.15) is 5.82 Å². The summed E-state index contributed by atoms with van der Waals surface area (Å²) in [6, 6.07) is 13.3. The third-order valence-electron chi connectivity index (χ3n) is 2.42. The SMILES string of the molecule is O=C(/C=C/c1cccc(F)c1)c1ccccc1Br. The van der Waals surface area contributed by atoms with Gasteiger partial charge in [-0.3, -0.25) is 4.79 Å². The molecule has 0 radical (unpaired) electrons. The summed E-state index contributed by atoms with van der Waals surface area (Å²) in [4.78, 5) is 11.9. The van der Waals surface area contributed by atoms with Gasteiger partial charge >= 0.3 is 0 Å². The van der Waals surface area contributed by atoms with Crippen LogP contribution in [0.1, 0.15) is 15.9 Å². The maximum Gasteiger partial charge on any atom is 0.186 e. The Morgan fingerprint density at radius 3 is 2.61 bits per heavy atom. The predicted octanol–water partition coefficient (Wildman–Crippen LogP) is 4.48. The van der Waals surface area contributed by atoms with Crippen molar-refractivity contribution < 1.29 is 9.18 Å². The second-order valence-electron chi connectivity index (χ2n) is 3.73. The fraction of sp³-hybridized carbons (Fsp3) is 0. The van der Waals surface area contributed by atoms with E-state index in [4.69, 9.17) is 0 Å². The number of hydrogen-bond acceptors (Lipinski definition) is 1. The van der Waals surface area contributed by atoms with Crippen molar-refractivity contribution in [3.05, 3.63) is 76.0 Å². The van der Waals surface area contributed by atoms with Gasteiger partial charge in [0.15, 0.2) is 5.78 Å². The van der Waals surface area contributed by atoms with Crippen molar-refractivity contribution in [1.82, 2.24) is 0 Å². The van der Waals surface area contributed by atoms with Gasteiger partial charge in [-0.1, -0.05) is 46.3 Å². The van der Waals surface area contributed by atoms with Gasteiger partial charge in [-0.15, -0.1) is 0 Å². The Morgan fingerprint density at radius 2 is 1.89 bits per heavy atom. The number of hydrogen-bond donors (Lipinski definition) is 0. The van der Waals surface area contributed by atoms with Gasteiger partial charge in [0.25, 0.3) is 0 Å². The van der Waals surface area contributed by atoms with Crippen LogP contribution in [0.25, 0.3) is 6.08 Å². The quantitative estimate of drug-likeness (QED) is 0.603. The van der Waals surface area contributed by atoms with Gasteiger partial charge in [0.2, 0.25) is 0 Å². The standard InChI is InChI=1S/C15H10BrFO/c16-14-7-2-1-6-13(14)15(18)9-8-11-4-3-5-12(17)10-11/h1-10H/b9-8+. The highest BCUT2D eigenvalue weighted by molar-refractivity contribution is 9.10. The molecular formula is C15H10BrFO. The molecule has 0 unspecified atom stereocenters. The molecule has 2 aromatic rings. The fourth-order valence-corrected chi connectivity index (χ4v) is 2.01. The zero-order valence-corrected chi connectivity index (χ0v) is 11.0. The van der Waals surface area contributed by atoms with E-state index in [1.54, 1.807) is 30.3 Å². The predicted molar refractivity (Wildman–Crippen MR) is 73.9 cm³/mol. The summed E-state index contributed by atoms with van der Waals surface area (Å²) in [5.41, 5.74) is 1.25. The second-order valence-corrected chi connectivity index (χ2v) is 4.59. The monoisotopic (exact) mass is 304 g/mol. The van der Waals surface area contributed by atoms with E-state index in [2.05, 4.69) is 15.9 Å². The number of ketones is 1. The van der Waals surface area contributed by atoms with Crippen LogP contribution in [0.3, 0.4) is 0 Å².